The molecule has 2 saturated heterocycles. The number of methoxy groups -OCH3 is 1. The van der Waals surface area contributed by atoms with Gasteiger partial charge in [0.25, 0.3) is 0 Å². The molecule has 0 bridgehead atoms. The highest BCUT2D eigenvalue weighted by molar-refractivity contribution is 7.98. The van der Waals surface area contributed by atoms with Crippen molar-refractivity contribution in [2.24, 2.45) is 0 Å². The minimum atomic E-state index is -1.93. The average molecular weight is 482 g/mol. The van der Waals surface area contributed by atoms with Crippen molar-refractivity contribution >= 4 is 31.1 Å². The van der Waals surface area contributed by atoms with Crippen LogP contribution in [0.15, 0.2) is 17.4 Å². The highest BCUT2D eigenvalue weighted by Crippen LogP contribution is 2.45. The molecule has 0 aliphatic carbocycles. The molecular formula is C22H35N3O5SSi. The Bertz CT molecular complexity index is 990. The number of fused-ring (bicyclic) bond motifs is 2. The van der Waals surface area contributed by atoms with Crippen LogP contribution in [0.25, 0.3) is 11.0 Å². The highest BCUT2D eigenvalue weighted by atomic mass is 32.2. The fraction of sp³-hybridized carbons (Fsp3) is 0.727. The molecule has 0 aromatic carbocycles. The van der Waals surface area contributed by atoms with Crippen LogP contribution in [0, 0.1) is 0 Å². The van der Waals surface area contributed by atoms with Crippen LogP contribution >= 0.6 is 11.8 Å². The summed E-state index contributed by atoms with van der Waals surface area (Å²) in [6, 6.07) is 1.96. The molecular weight excluding hydrogens is 446 g/mol. The summed E-state index contributed by atoms with van der Waals surface area (Å²) in [6.45, 7) is 15.6. The summed E-state index contributed by atoms with van der Waals surface area (Å²) in [4.78, 5) is 9.20. The maximum absolute atomic E-state index is 6.53. The molecule has 178 valence electrons. The molecule has 4 rings (SSSR count). The van der Waals surface area contributed by atoms with Crippen LogP contribution in [0.4, 0.5) is 0 Å². The van der Waals surface area contributed by atoms with Gasteiger partial charge in [-0.1, -0.05) is 32.5 Å². The minimum absolute atomic E-state index is 0.120. The Morgan fingerprint density at radius 3 is 2.50 bits per heavy atom. The number of hydrogen-bond donors (Lipinski definition) is 0. The fourth-order valence-corrected chi connectivity index (χ4v) is 5.33. The van der Waals surface area contributed by atoms with Crippen molar-refractivity contribution in [1.82, 2.24) is 14.5 Å². The minimum Gasteiger partial charge on any atom is -0.480 e. The van der Waals surface area contributed by atoms with Crippen LogP contribution in [0.3, 0.4) is 0 Å². The van der Waals surface area contributed by atoms with E-state index in [-0.39, 0.29) is 29.6 Å². The van der Waals surface area contributed by atoms with Gasteiger partial charge < -0.3 is 27.9 Å². The molecule has 0 amide bonds. The zero-order chi connectivity index (χ0) is 23.5. The quantitative estimate of drug-likeness (QED) is 0.337. The van der Waals surface area contributed by atoms with Gasteiger partial charge in [0.05, 0.1) is 19.1 Å². The molecule has 2 fully saturated rings. The molecule has 0 spiro atoms. The Balaban J connectivity index is 1.66. The largest absolute Gasteiger partial charge is 0.480 e. The van der Waals surface area contributed by atoms with E-state index in [0.717, 1.165) is 11.0 Å². The van der Waals surface area contributed by atoms with E-state index in [4.69, 9.17) is 28.4 Å². The number of aromatic nitrogens is 3. The Hall–Kier alpha value is -1.17. The van der Waals surface area contributed by atoms with E-state index >= 15 is 0 Å². The lowest BCUT2D eigenvalue weighted by Gasteiger charge is -2.37. The second-order valence-corrected chi connectivity index (χ2v) is 16.0. The second kappa shape index (κ2) is 8.25. The molecule has 2 aromatic rings. The first-order valence-corrected chi connectivity index (χ1v) is 15.1. The zero-order valence-corrected chi connectivity index (χ0v) is 22.3. The van der Waals surface area contributed by atoms with Crippen molar-refractivity contribution in [3.63, 3.8) is 0 Å². The molecule has 2 aliphatic heterocycles. The number of thioether (sulfide) groups is 1. The Kier molecular flexibility index (Phi) is 6.18. The van der Waals surface area contributed by atoms with Gasteiger partial charge in [-0.25, -0.2) is 4.98 Å². The van der Waals surface area contributed by atoms with Gasteiger partial charge in [-0.05, 0) is 44.3 Å². The average Bonchev–Trinajstić information content (AvgIpc) is 3.35. The maximum atomic E-state index is 6.53. The Morgan fingerprint density at radius 2 is 1.88 bits per heavy atom. The molecule has 8 nitrogen and oxygen atoms in total. The molecule has 2 aromatic heterocycles. The summed E-state index contributed by atoms with van der Waals surface area (Å²) < 4.78 is 33.1. The summed E-state index contributed by atoms with van der Waals surface area (Å²) >= 11 is 1.47. The van der Waals surface area contributed by atoms with E-state index < -0.39 is 14.1 Å². The number of rotatable bonds is 6. The van der Waals surface area contributed by atoms with Gasteiger partial charge in [-0.15, -0.1) is 0 Å². The summed E-state index contributed by atoms with van der Waals surface area (Å²) in [5.74, 6) is -0.137. The van der Waals surface area contributed by atoms with Gasteiger partial charge in [0.2, 0.25) is 5.88 Å². The predicted molar refractivity (Wildman–Crippen MR) is 127 cm³/mol. The number of nitrogens with zero attached hydrogens (tertiary/aromatic N) is 3. The molecule has 0 radical (unpaired) electrons. The number of ether oxygens (including phenoxy) is 4. The number of hydrogen-bond acceptors (Lipinski definition) is 8. The van der Waals surface area contributed by atoms with Gasteiger partial charge in [0.15, 0.2) is 31.1 Å². The molecule has 4 atom stereocenters. The summed E-state index contributed by atoms with van der Waals surface area (Å²) in [5.41, 5.74) is 0.754. The van der Waals surface area contributed by atoms with E-state index in [9.17, 15) is 0 Å². The van der Waals surface area contributed by atoms with Crippen molar-refractivity contribution < 1.29 is 23.4 Å². The molecule has 4 heterocycles. The standard InChI is InChI=1S/C22H35N3O5SSi/c1-21(2,3)32(8,9)27-12-14-15-16(30-22(4,5)29-15)19(28-14)25-11-10-13-17(25)23-20(31-7)24-18(13)26-6/h10-11,14-16,19H,12H2,1-9H3/t14-,15-,16-,19-/m1/s1. The molecule has 0 saturated carbocycles. The van der Waals surface area contributed by atoms with E-state index in [2.05, 4.69) is 38.8 Å². The normalized spacial score (nSPS) is 27.8. The fourth-order valence-electron chi connectivity index (χ4n) is 3.96. The first-order chi connectivity index (χ1) is 14.9. The van der Waals surface area contributed by atoms with Gasteiger partial charge in [0, 0.05) is 6.20 Å². The zero-order valence-electron chi connectivity index (χ0n) is 20.5. The van der Waals surface area contributed by atoms with E-state index in [1.165, 1.54) is 11.8 Å². The monoisotopic (exact) mass is 481 g/mol. The van der Waals surface area contributed by atoms with Crippen molar-refractivity contribution in [2.75, 3.05) is 20.0 Å². The first kappa shape index (κ1) is 24.0. The Labute approximate surface area is 195 Å². The predicted octanol–water partition coefficient (Wildman–Crippen LogP) is 4.60. The molecule has 2 aliphatic rings. The van der Waals surface area contributed by atoms with Gasteiger partial charge in [-0.2, -0.15) is 4.98 Å². The van der Waals surface area contributed by atoms with Crippen molar-refractivity contribution in [1.29, 1.82) is 0 Å². The van der Waals surface area contributed by atoms with Gasteiger partial charge in [-0.3, -0.25) is 0 Å². The highest BCUT2D eigenvalue weighted by Gasteiger charge is 2.56. The van der Waals surface area contributed by atoms with Gasteiger partial charge in [0.1, 0.15) is 18.3 Å². The van der Waals surface area contributed by atoms with Crippen LogP contribution in [-0.2, 0) is 18.6 Å². The first-order valence-electron chi connectivity index (χ1n) is 11.0. The van der Waals surface area contributed by atoms with Gasteiger partial charge >= 0.3 is 0 Å². The molecule has 0 N–H and O–H groups in total. The second-order valence-electron chi connectivity index (χ2n) is 10.4. The van der Waals surface area contributed by atoms with Crippen LogP contribution in [0.2, 0.25) is 18.1 Å². The van der Waals surface area contributed by atoms with E-state index in [1.807, 2.05) is 36.9 Å². The molecule has 10 heteroatoms. The lowest BCUT2D eigenvalue weighted by molar-refractivity contribution is -0.199. The van der Waals surface area contributed by atoms with Crippen LogP contribution in [-0.4, -0.2) is 66.9 Å². The van der Waals surface area contributed by atoms with Crippen molar-refractivity contribution in [3.8, 4) is 5.88 Å². The topological polar surface area (TPSA) is 76.9 Å². The summed E-state index contributed by atoms with van der Waals surface area (Å²) in [7, 11) is -0.311. The summed E-state index contributed by atoms with van der Waals surface area (Å²) in [6.07, 6.45) is 2.79. The lowest BCUT2D eigenvalue weighted by Crippen LogP contribution is -2.44. The van der Waals surface area contributed by atoms with Crippen molar-refractivity contribution in [3.05, 3.63) is 12.3 Å². The lowest BCUT2D eigenvalue weighted by atomic mass is 10.1. The van der Waals surface area contributed by atoms with E-state index in [1.54, 1.807) is 7.11 Å². The smallest absolute Gasteiger partial charge is 0.226 e. The third-order valence-electron chi connectivity index (χ3n) is 6.71. The van der Waals surface area contributed by atoms with Crippen LogP contribution in [0.5, 0.6) is 5.88 Å². The third-order valence-corrected chi connectivity index (χ3v) is 11.8. The molecule has 32 heavy (non-hydrogen) atoms. The van der Waals surface area contributed by atoms with Crippen molar-refractivity contribution in [2.45, 2.75) is 88.2 Å². The SMILES string of the molecule is COc1nc(SC)nc2c1ccn2[C@@H]1O[C@H](CO[Si](C)(C)C(C)(C)C)[C@H]2OC(C)(C)O[C@H]21. The van der Waals surface area contributed by atoms with E-state index in [0.29, 0.717) is 17.6 Å². The third kappa shape index (κ3) is 4.21. The molecule has 0 unspecified atom stereocenters. The van der Waals surface area contributed by atoms with Crippen LogP contribution in [0.1, 0.15) is 40.8 Å². The Morgan fingerprint density at radius 1 is 1.19 bits per heavy atom. The van der Waals surface area contributed by atoms with Crippen LogP contribution < -0.4 is 4.74 Å². The summed E-state index contributed by atoms with van der Waals surface area (Å²) in [5, 5.41) is 1.60. The maximum Gasteiger partial charge on any atom is 0.226 e.